The van der Waals surface area contributed by atoms with E-state index in [0.717, 1.165) is 30.8 Å². The van der Waals surface area contributed by atoms with E-state index in [4.69, 9.17) is 10.5 Å². The van der Waals surface area contributed by atoms with E-state index in [0.29, 0.717) is 13.0 Å². The van der Waals surface area contributed by atoms with Gasteiger partial charge in [-0.2, -0.15) is 0 Å². The number of amides is 1. The smallest absolute Gasteiger partial charge is 0.221 e. The summed E-state index contributed by atoms with van der Waals surface area (Å²) in [5, 5.41) is 2.89. The standard InChI is InChI=1S/C16H27N3O2/c1-4-8-18-16(20)10-14(11-17)19(2)12-13-6-5-7-15(9-13)21-3/h5-7,9,14H,4,8,10-12,17H2,1-3H3,(H,18,20). The molecule has 0 aliphatic rings. The maximum Gasteiger partial charge on any atom is 0.221 e. The first-order chi connectivity index (χ1) is 10.1. The number of carbonyl (C=O) groups excluding carboxylic acids is 1. The Labute approximate surface area is 127 Å². The van der Waals surface area contributed by atoms with Gasteiger partial charge in [0.2, 0.25) is 5.91 Å². The Morgan fingerprint density at radius 1 is 1.48 bits per heavy atom. The lowest BCUT2D eigenvalue weighted by Gasteiger charge is -2.26. The topological polar surface area (TPSA) is 67.6 Å². The van der Waals surface area contributed by atoms with Gasteiger partial charge in [-0.3, -0.25) is 9.69 Å². The number of methoxy groups -OCH3 is 1. The molecular formula is C16H27N3O2. The minimum absolute atomic E-state index is 0.0352. The molecule has 0 spiro atoms. The average molecular weight is 293 g/mol. The van der Waals surface area contributed by atoms with Gasteiger partial charge in [-0.25, -0.2) is 0 Å². The van der Waals surface area contributed by atoms with Gasteiger partial charge in [0.1, 0.15) is 5.75 Å². The van der Waals surface area contributed by atoms with Gasteiger partial charge in [-0.05, 0) is 31.2 Å². The first-order valence-corrected chi connectivity index (χ1v) is 7.40. The predicted octanol–water partition coefficient (Wildman–Crippen LogP) is 1.37. The summed E-state index contributed by atoms with van der Waals surface area (Å²) in [7, 11) is 3.65. The van der Waals surface area contributed by atoms with E-state index in [1.165, 1.54) is 0 Å². The SMILES string of the molecule is CCCNC(=O)CC(CN)N(C)Cc1cccc(OC)c1. The van der Waals surface area contributed by atoms with Gasteiger partial charge in [-0.15, -0.1) is 0 Å². The van der Waals surface area contributed by atoms with E-state index in [1.54, 1.807) is 7.11 Å². The predicted molar refractivity (Wildman–Crippen MR) is 85.2 cm³/mol. The Kier molecular flexibility index (Phi) is 7.79. The summed E-state index contributed by atoms with van der Waals surface area (Å²) in [6, 6.07) is 7.97. The molecule has 5 heteroatoms. The van der Waals surface area contributed by atoms with Crippen molar-refractivity contribution in [2.45, 2.75) is 32.4 Å². The maximum atomic E-state index is 11.8. The van der Waals surface area contributed by atoms with E-state index in [9.17, 15) is 4.79 Å². The van der Waals surface area contributed by atoms with Gasteiger partial charge in [0.15, 0.2) is 0 Å². The van der Waals surface area contributed by atoms with Crippen molar-refractivity contribution in [2.24, 2.45) is 5.73 Å². The Morgan fingerprint density at radius 2 is 2.24 bits per heavy atom. The highest BCUT2D eigenvalue weighted by atomic mass is 16.5. The lowest BCUT2D eigenvalue weighted by molar-refractivity contribution is -0.122. The minimum Gasteiger partial charge on any atom is -0.497 e. The summed E-state index contributed by atoms with van der Waals surface area (Å²) in [6.07, 6.45) is 1.37. The van der Waals surface area contributed by atoms with E-state index in [-0.39, 0.29) is 11.9 Å². The molecule has 1 amide bonds. The molecule has 0 heterocycles. The summed E-state index contributed by atoms with van der Waals surface area (Å²) in [6.45, 7) is 3.95. The van der Waals surface area contributed by atoms with Crippen LogP contribution in [0.1, 0.15) is 25.3 Å². The van der Waals surface area contributed by atoms with Crippen LogP contribution in [0.4, 0.5) is 0 Å². The van der Waals surface area contributed by atoms with E-state index >= 15 is 0 Å². The third-order valence-corrected chi connectivity index (χ3v) is 3.45. The van der Waals surface area contributed by atoms with Gasteiger partial charge in [0.05, 0.1) is 7.11 Å². The molecule has 1 unspecified atom stereocenters. The summed E-state index contributed by atoms with van der Waals surface area (Å²) in [5.74, 6) is 0.899. The van der Waals surface area contributed by atoms with Crippen molar-refractivity contribution in [1.29, 1.82) is 0 Å². The highest BCUT2D eigenvalue weighted by Gasteiger charge is 2.17. The number of hydrogen-bond donors (Lipinski definition) is 2. The zero-order valence-corrected chi connectivity index (χ0v) is 13.3. The molecule has 5 nitrogen and oxygen atoms in total. The second-order valence-corrected chi connectivity index (χ2v) is 5.21. The summed E-state index contributed by atoms with van der Waals surface area (Å²) in [5.41, 5.74) is 6.96. The Morgan fingerprint density at radius 3 is 2.86 bits per heavy atom. The number of rotatable bonds is 9. The number of benzene rings is 1. The zero-order chi connectivity index (χ0) is 15.7. The number of carbonyl (C=O) groups is 1. The van der Waals surface area contributed by atoms with E-state index in [2.05, 4.69) is 10.2 Å². The molecule has 0 aliphatic carbocycles. The van der Waals surface area contributed by atoms with Crippen LogP contribution in [0.3, 0.4) is 0 Å². The van der Waals surface area contributed by atoms with Crippen LogP contribution in [0.25, 0.3) is 0 Å². The molecule has 0 saturated carbocycles. The molecule has 0 saturated heterocycles. The van der Waals surface area contributed by atoms with Crippen LogP contribution >= 0.6 is 0 Å². The molecule has 0 bridgehead atoms. The van der Waals surface area contributed by atoms with Crippen molar-refractivity contribution in [2.75, 3.05) is 27.2 Å². The molecule has 0 aliphatic heterocycles. The molecule has 0 fully saturated rings. The number of likely N-dealkylation sites (N-methyl/N-ethyl adjacent to an activating group) is 1. The van der Waals surface area contributed by atoms with Crippen LogP contribution in [-0.4, -0.2) is 44.1 Å². The number of ether oxygens (including phenoxy) is 1. The zero-order valence-electron chi connectivity index (χ0n) is 13.3. The van der Waals surface area contributed by atoms with Crippen molar-refractivity contribution in [3.8, 4) is 5.75 Å². The van der Waals surface area contributed by atoms with Crippen LogP contribution < -0.4 is 15.8 Å². The second kappa shape index (κ2) is 9.37. The molecule has 1 aromatic carbocycles. The van der Waals surface area contributed by atoms with Crippen LogP contribution in [0, 0.1) is 0 Å². The van der Waals surface area contributed by atoms with Crippen molar-refractivity contribution < 1.29 is 9.53 Å². The fourth-order valence-electron chi connectivity index (χ4n) is 2.16. The first-order valence-electron chi connectivity index (χ1n) is 7.40. The van der Waals surface area contributed by atoms with Gasteiger partial charge in [0, 0.05) is 32.1 Å². The average Bonchev–Trinajstić information content (AvgIpc) is 2.50. The fourth-order valence-corrected chi connectivity index (χ4v) is 2.16. The molecule has 1 atom stereocenters. The highest BCUT2D eigenvalue weighted by molar-refractivity contribution is 5.76. The summed E-state index contributed by atoms with van der Waals surface area (Å²) < 4.78 is 5.22. The number of nitrogens with zero attached hydrogens (tertiary/aromatic N) is 1. The molecule has 1 rings (SSSR count). The fraction of sp³-hybridized carbons (Fsp3) is 0.562. The lowest BCUT2D eigenvalue weighted by Crippen LogP contribution is -2.41. The Bertz CT molecular complexity index is 437. The van der Waals surface area contributed by atoms with Crippen molar-refractivity contribution >= 4 is 5.91 Å². The van der Waals surface area contributed by atoms with Gasteiger partial charge in [-0.1, -0.05) is 19.1 Å². The number of hydrogen-bond acceptors (Lipinski definition) is 4. The minimum atomic E-state index is 0.0352. The molecular weight excluding hydrogens is 266 g/mol. The Balaban J connectivity index is 2.57. The molecule has 0 aromatic heterocycles. The lowest BCUT2D eigenvalue weighted by atomic mass is 10.1. The summed E-state index contributed by atoms with van der Waals surface area (Å²) >= 11 is 0. The van der Waals surface area contributed by atoms with Crippen LogP contribution in [0.5, 0.6) is 5.75 Å². The molecule has 118 valence electrons. The van der Waals surface area contributed by atoms with E-state index < -0.39 is 0 Å². The molecule has 0 radical (unpaired) electrons. The Hall–Kier alpha value is -1.59. The third-order valence-electron chi connectivity index (χ3n) is 3.45. The molecule has 1 aromatic rings. The number of nitrogens with one attached hydrogen (secondary N) is 1. The molecule has 21 heavy (non-hydrogen) atoms. The maximum absolute atomic E-state index is 11.8. The van der Waals surface area contributed by atoms with Crippen molar-refractivity contribution in [3.05, 3.63) is 29.8 Å². The monoisotopic (exact) mass is 293 g/mol. The van der Waals surface area contributed by atoms with E-state index in [1.807, 2.05) is 38.2 Å². The van der Waals surface area contributed by atoms with Crippen molar-refractivity contribution in [1.82, 2.24) is 10.2 Å². The van der Waals surface area contributed by atoms with Crippen LogP contribution in [0.15, 0.2) is 24.3 Å². The first kappa shape index (κ1) is 17.5. The van der Waals surface area contributed by atoms with Crippen molar-refractivity contribution in [3.63, 3.8) is 0 Å². The number of nitrogens with two attached hydrogens (primary N) is 1. The van der Waals surface area contributed by atoms with Gasteiger partial charge in [0.25, 0.3) is 0 Å². The summed E-state index contributed by atoms with van der Waals surface area (Å²) in [4.78, 5) is 13.9. The van der Waals surface area contributed by atoms with Gasteiger partial charge < -0.3 is 15.8 Å². The largest absolute Gasteiger partial charge is 0.497 e. The quantitative estimate of drug-likeness (QED) is 0.721. The molecule has 3 N–H and O–H groups in total. The van der Waals surface area contributed by atoms with Crippen LogP contribution in [-0.2, 0) is 11.3 Å². The van der Waals surface area contributed by atoms with Gasteiger partial charge >= 0.3 is 0 Å². The second-order valence-electron chi connectivity index (χ2n) is 5.21. The normalized spacial score (nSPS) is 12.2. The van der Waals surface area contributed by atoms with Crippen LogP contribution in [0.2, 0.25) is 0 Å². The highest BCUT2D eigenvalue weighted by Crippen LogP contribution is 2.15. The third kappa shape index (κ3) is 6.14.